The molecule has 1 saturated heterocycles. The van der Waals surface area contributed by atoms with E-state index in [1.54, 1.807) is 0 Å². The number of nitrogens with one attached hydrogen (secondary N) is 1. The van der Waals surface area contributed by atoms with Crippen LogP contribution in [0.5, 0.6) is 0 Å². The molecule has 1 aliphatic heterocycles. The lowest BCUT2D eigenvalue weighted by atomic mass is 9.91. The average molecular weight is 348 g/mol. The van der Waals surface area contributed by atoms with Gasteiger partial charge in [0, 0.05) is 25.7 Å². The number of aliphatic carboxylic acids is 1. The van der Waals surface area contributed by atoms with Gasteiger partial charge in [0.15, 0.2) is 0 Å². The van der Waals surface area contributed by atoms with Crippen LogP contribution in [-0.2, 0) is 22.6 Å². The van der Waals surface area contributed by atoms with Gasteiger partial charge in [-0.2, -0.15) is 0 Å². The summed E-state index contributed by atoms with van der Waals surface area (Å²) < 4.78 is 0. The zero-order chi connectivity index (χ0) is 18.4. The molecule has 1 aromatic carbocycles. The fourth-order valence-corrected chi connectivity index (χ4v) is 3.38. The van der Waals surface area contributed by atoms with Crippen molar-refractivity contribution < 1.29 is 19.8 Å². The molecule has 6 nitrogen and oxygen atoms in total. The molecular formula is C19H28N2O4. The Labute approximate surface area is 148 Å². The largest absolute Gasteiger partial charge is 0.481 e. The summed E-state index contributed by atoms with van der Waals surface area (Å²) in [6.07, 6.45) is 0.435. The third-order valence-electron chi connectivity index (χ3n) is 4.86. The smallest absolute Gasteiger partial charge is 0.304 e. The number of carbonyl (C=O) groups is 2. The van der Waals surface area contributed by atoms with Crippen LogP contribution < -0.4 is 5.32 Å². The first-order valence-electron chi connectivity index (χ1n) is 8.81. The third-order valence-corrected chi connectivity index (χ3v) is 4.86. The topological polar surface area (TPSA) is 89.9 Å². The van der Waals surface area contributed by atoms with Gasteiger partial charge in [-0.25, -0.2) is 0 Å². The second-order valence-corrected chi connectivity index (χ2v) is 7.14. The van der Waals surface area contributed by atoms with Gasteiger partial charge in [-0.1, -0.05) is 38.1 Å². The molecule has 1 amide bonds. The van der Waals surface area contributed by atoms with E-state index in [1.807, 2.05) is 24.3 Å². The predicted molar refractivity (Wildman–Crippen MR) is 95.0 cm³/mol. The van der Waals surface area contributed by atoms with Crippen LogP contribution in [0.1, 0.15) is 31.4 Å². The van der Waals surface area contributed by atoms with Crippen molar-refractivity contribution in [2.45, 2.75) is 39.3 Å². The molecule has 1 heterocycles. The highest BCUT2D eigenvalue weighted by molar-refractivity contribution is 5.79. The highest BCUT2D eigenvalue weighted by atomic mass is 16.4. The Morgan fingerprint density at radius 3 is 2.40 bits per heavy atom. The molecule has 138 valence electrons. The molecule has 6 heteroatoms. The minimum atomic E-state index is -0.792. The molecular weight excluding hydrogens is 320 g/mol. The van der Waals surface area contributed by atoms with Crippen LogP contribution in [0.4, 0.5) is 0 Å². The number of aliphatic hydroxyl groups excluding tert-OH is 1. The molecule has 0 aromatic heterocycles. The number of rotatable bonds is 8. The predicted octanol–water partition coefficient (Wildman–Crippen LogP) is 1.27. The SMILES string of the molecule is CC(C)[C@@H]1CN(CCC(=O)O)C[C@H]1NC(=O)Cc1ccc(CO)cc1. The summed E-state index contributed by atoms with van der Waals surface area (Å²) in [6, 6.07) is 7.42. The molecule has 0 spiro atoms. The Bertz CT molecular complexity index is 586. The van der Waals surface area contributed by atoms with Gasteiger partial charge in [0.05, 0.1) is 19.4 Å². The molecule has 2 atom stereocenters. The van der Waals surface area contributed by atoms with E-state index in [9.17, 15) is 9.59 Å². The first kappa shape index (κ1) is 19.4. The van der Waals surface area contributed by atoms with E-state index >= 15 is 0 Å². The molecule has 1 aromatic rings. The van der Waals surface area contributed by atoms with E-state index in [1.165, 1.54) is 0 Å². The van der Waals surface area contributed by atoms with Crippen molar-refractivity contribution >= 4 is 11.9 Å². The van der Waals surface area contributed by atoms with E-state index in [2.05, 4.69) is 24.1 Å². The summed E-state index contributed by atoms with van der Waals surface area (Å²) in [5, 5.41) is 21.0. The highest BCUT2D eigenvalue weighted by Gasteiger charge is 2.35. The summed E-state index contributed by atoms with van der Waals surface area (Å²) in [7, 11) is 0. The standard InChI is InChI=1S/C19H28N2O4/c1-13(2)16-10-21(8-7-19(24)25)11-17(16)20-18(23)9-14-3-5-15(12-22)6-4-14/h3-6,13,16-17,22H,7-12H2,1-2H3,(H,20,23)(H,24,25)/t16-,17+/m0/s1. The Kier molecular flexibility index (Phi) is 6.96. The molecule has 2 rings (SSSR count). The average Bonchev–Trinajstić information content (AvgIpc) is 2.96. The number of carboxylic acid groups (broad SMARTS) is 1. The maximum absolute atomic E-state index is 12.4. The second kappa shape index (κ2) is 8.97. The van der Waals surface area contributed by atoms with Gasteiger partial charge in [0.25, 0.3) is 0 Å². The Morgan fingerprint density at radius 2 is 1.84 bits per heavy atom. The maximum Gasteiger partial charge on any atom is 0.304 e. The number of nitrogens with zero attached hydrogens (tertiary/aromatic N) is 1. The first-order chi connectivity index (χ1) is 11.9. The van der Waals surface area contributed by atoms with Crippen LogP contribution in [0.3, 0.4) is 0 Å². The van der Waals surface area contributed by atoms with Gasteiger partial charge in [-0.3, -0.25) is 9.59 Å². The van der Waals surface area contributed by atoms with Crippen molar-refractivity contribution in [1.29, 1.82) is 0 Å². The van der Waals surface area contributed by atoms with Crippen molar-refractivity contribution in [1.82, 2.24) is 10.2 Å². The van der Waals surface area contributed by atoms with E-state index in [0.29, 0.717) is 31.3 Å². The summed E-state index contributed by atoms with van der Waals surface area (Å²) in [5.74, 6) is -0.0640. The quantitative estimate of drug-likeness (QED) is 0.658. The van der Waals surface area contributed by atoms with Crippen molar-refractivity contribution in [2.24, 2.45) is 11.8 Å². The van der Waals surface area contributed by atoms with E-state index in [0.717, 1.165) is 17.7 Å². The number of benzene rings is 1. The van der Waals surface area contributed by atoms with Crippen molar-refractivity contribution in [3.8, 4) is 0 Å². The van der Waals surface area contributed by atoms with Crippen LogP contribution in [0, 0.1) is 11.8 Å². The van der Waals surface area contributed by atoms with Crippen LogP contribution in [0.2, 0.25) is 0 Å². The summed E-state index contributed by atoms with van der Waals surface area (Å²) in [5.41, 5.74) is 1.74. The van der Waals surface area contributed by atoms with Crippen LogP contribution in [0.15, 0.2) is 24.3 Å². The molecule has 0 saturated carbocycles. The van der Waals surface area contributed by atoms with E-state index in [4.69, 9.17) is 10.2 Å². The Hall–Kier alpha value is -1.92. The van der Waals surface area contributed by atoms with Crippen molar-refractivity contribution in [3.63, 3.8) is 0 Å². The molecule has 1 aliphatic rings. The summed E-state index contributed by atoms with van der Waals surface area (Å²) in [6.45, 7) is 6.31. The van der Waals surface area contributed by atoms with Gasteiger partial charge < -0.3 is 20.4 Å². The van der Waals surface area contributed by atoms with Crippen LogP contribution in [0.25, 0.3) is 0 Å². The molecule has 0 unspecified atom stereocenters. The van der Waals surface area contributed by atoms with Gasteiger partial charge in [-0.15, -0.1) is 0 Å². The van der Waals surface area contributed by atoms with E-state index < -0.39 is 5.97 Å². The zero-order valence-electron chi connectivity index (χ0n) is 14.9. The minimum Gasteiger partial charge on any atom is -0.481 e. The number of aliphatic hydroxyl groups is 1. The lowest BCUT2D eigenvalue weighted by Gasteiger charge is -2.23. The van der Waals surface area contributed by atoms with Crippen LogP contribution in [-0.4, -0.2) is 52.7 Å². The number of hydrogen-bond acceptors (Lipinski definition) is 4. The number of likely N-dealkylation sites (tertiary alicyclic amines) is 1. The Balaban J connectivity index is 1.91. The Morgan fingerprint density at radius 1 is 1.20 bits per heavy atom. The fourth-order valence-electron chi connectivity index (χ4n) is 3.38. The monoisotopic (exact) mass is 348 g/mol. The summed E-state index contributed by atoms with van der Waals surface area (Å²) in [4.78, 5) is 25.3. The minimum absolute atomic E-state index is 0.00318. The number of amides is 1. The van der Waals surface area contributed by atoms with Gasteiger partial charge in [0.1, 0.15) is 0 Å². The first-order valence-corrected chi connectivity index (χ1v) is 8.81. The number of hydrogen-bond donors (Lipinski definition) is 3. The zero-order valence-corrected chi connectivity index (χ0v) is 14.9. The normalized spacial score (nSPS) is 20.8. The van der Waals surface area contributed by atoms with Gasteiger partial charge >= 0.3 is 5.97 Å². The number of carbonyl (C=O) groups excluding carboxylic acids is 1. The molecule has 3 N–H and O–H groups in total. The van der Waals surface area contributed by atoms with Crippen molar-refractivity contribution in [3.05, 3.63) is 35.4 Å². The van der Waals surface area contributed by atoms with Gasteiger partial charge in [0.2, 0.25) is 5.91 Å². The fraction of sp³-hybridized carbons (Fsp3) is 0.579. The molecule has 1 fully saturated rings. The number of carboxylic acids is 1. The summed E-state index contributed by atoms with van der Waals surface area (Å²) >= 11 is 0. The lowest BCUT2D eigenvalue weighted by Crippen LogP contribution is -2.42. The van der Waals surface area contributed by atoms with E-state index in [-0.39, 0.29) is 25.0 Å². The second-order valence-electron chi connectivity index (χ2n) is 7.14. The lowest BCUT2D eigenvalue weighted by molar-refractivity contribution is -0.137. The van der Waals surface area contributed by atoms with Crippen molar-refractivity contribution in [2.75, 3.05) is 19.6 Å². The molecule has 0 radical (unpaired) electrons. The third kappa shape index (κ3) is 5.83. The molecule has 0 bridgehead atoms. The molecule has 0 aliphatic carbocycles. The molecule has 25 heavy (non-hydrogen) atoms. The highest BCUT2D eigenvalue weighted by Crippen LogP contribution is 2.24. The van der Waals surface area contributed by atoms with Crippen LogP contribution >= 0.6 is 0 Å². The maximum atomic E-state index is 12.4. The van der Waals surface area contributed by atoms with Gasteiger partial charge in [-0.05, 0) is 23.0 Å².